The normalized spacial score (nSPS) is 14.6. The maximum atomic E-state index is 11.6. The zero-order valence-corrected chi connectivity index (χ0v) is 11.4. The fourth-order valence-electron chi connectivity index (χ4n) is 1.45. The minimum Gasteiger partial charge on any atom is -0.353 e. The van der Waals surface area contributed by atoms with Gasteiger partial charge < -0.3 is 5.32 Å². The lowest BCUT2D eigenvalue weighted by atomic mass is 10.1. The van der Waals surface area contributed by atoms with E-state index in [1.807, 2.05) is 23.8 Å². The van der Waals surface area contributed by atoms with Crippen LogP contribution in [0.1, 0.15) is 25.8 Å². The fourth-order valence-corrected chi connectivity index (χ4v) is 2.68. The summed E-state index contributed by atoms with van der Waals surface area (Å²) in [7, 11) is 0. The second-order valence-corrected chi connectivity index (χ2v) is 6.14. The molecule has 0 aliphatic rings. The van der Waals surface area contributed by atoms with Crippen LogP contribution in [0, 0.1) is 0 Å². The first-order valence-electron chi connectivity index (χ1n) is 5.02. The number of halogens is 1. The number of rotatable bonds is 5. The van der Waals surface area contributed by atoms with Crippen molar-refractivity contribution in [3.8, 4) is 0 Å². The standard InChI is InChI=1S/C11H16BrNOS/c1-8(12)5-9(2)13-11(14)6-10-3-4-15-7-10/h3-4,7-9H,5-6H2,1-2H3,(H,13,14). The molecule has 0 aromatic carbocycles. The molecule has 15 heavy (non-hydrogen) atoms. The Morgan fingerprint density at radius 3 is 2.87 bits per heavy atom. The minimum atomic E-state index is 0.106. The molecule has 1 aromatic heterocycles. The highest BCUT2D eigenvalue weighted by atomic mass is 79.9. The van der Waals surface area contributed by atoms with Crippen molar-refractivity contribution in [2.45, 2.75) is 37.6 Å². The van der Waals surface area contributed by atoms with Gasteiger partial charge in [-0.2, -0.15) is 11.3 Å². The van der Waals surface area contributed by atoms with Crippen LogP contribution in [0.15, 0.2) is 16.8 Å². The number of thiophene rings is 1. The van der Waals surface area contributed by atoms with E-state index in [1.54, 1.807) is 11.3 Å². The Bertz CT molecular complexity index is 298. The van der Waals surface area contributed by atoms with Crippen LogP contribution in [0.2, 0.25) is 0 Å². The van der Waals surface area contributed by atoms with Crippen molar-refractivity contribution in [2.75, 3.05) is 0 Å². The van der Waals surface area contributed by atoms with Crippen molar-refractivity contribution in [1.82, 2.24) is 5.32 Å². The first-order chi connectivity index (χ1) is 7.08. The zero-order chi connectivity index (χ0) is 11.3. The Morgan fingerprint density at radius 1 is 1.60 bits per heavy atom. The van der Waals surface area contributed by atoms with Gasteiger partial charge in [-0.25, -0.2) is 0 Å². The summed E-state index contributed by atoms with van der Waals surface area (Å²) in [5, 5.41) is 6.99. The van der Waals surface area contributed by atoms with Crippen LogP contribution in [0.4, 0.5) is 0 Å². The first kappa shape index (κ1) is 12.7. The molecular weight excluding hydrogens is 274 g/mol. The molecule has 0 radical (unpaired) electrons. The van der Waals surface area contributed by atoms with Gasteiger partial charge in [0.1, 0.15) is 0 Å². The van der Waals surface area contributed by atoms with E-state index in [2.05, 4.69) is 28.2 Å². The van der Waals surface area contributed by atoms with Gasteiger partial charge in [0.2, 0.25) is 5.91 Å². The molecule has 0 aliphatic heterocycles. The van der Waals surface area contributed by atoms with Crippen LogP contribution in [-0.2, 0) is 11.2 Å². The lowest BCUT2D eigenvalue weighted by Gasteiger charge is -2.14. The molecule has 84 valence electrons. The maximum absolute atomic E-state index is 11.6. The monoisotopic (exact) mass is 289 g/mol. The molecule has 1 amide bonds. The van der Waals surface area contributed by atoms with E-state index in [-0.39, 0.29) is 11.9 Å². The molecule has 0 saturated heterocycles. The van der Waals surface area contributed by atoms with Crippen molar-refractivity contribution in [3.05, 3.63) is 22.4 Å². The Morgan fingerprint density at radius 2 is 2.33 bits per heavy atom. The molecule has 2 unspecified atom stereocenters. The summed E-state index contributed by atoms with van der Waals surface area (Å²) in [4.78, 5) is 12.0. The zero-order valence-electron chi connectivity index (χ0n) is 9.00. The Hall–Kier alpha value is -0.350. The van der Waals surface area contributed by atoms with E-state index in [4.69, 9.17) is 0 Å². The SMILES string of the molecule is CC(Br)CC(C)NC(=O)Cc1ccsc1. The molecule has 4 heteroatoms. The molecule has 2 atom stereocenters. The summed E-state index contributed by atoms with van der Waals surface area (Å²) in [5.41, 5.74) is 1.09. The van der Waals surface area contributed by atoms with Crippen LogP contribution < -0.4 is 5.32 Å². The molecule has 0 spiro atoms. The second-order valence-electron chi connectivity index (χ2n) is 3.79. The van der Waals surface area contributed by atoms with Crippen molar-refractivity contribution >= 4 is 33.2 Å². The van der Waals surface area contributed by atoms with Crippen molar-refractivity contribution in [2.24, 2.45) is 0 Å². The van der Waals surface area contributed by atoms with Gasteiger partial charge in [-0.05, 0) is 35.7 Å². The lowest BCUT2D eigenvalue weighted by Crippen LogP contribution is -2.34. The fraction of sp³-hybridized carbons (Fsp3) is 0.545. The molecule has 0 fully saturated rings. The van der Waals surface area contributed by atoms with Gasteiger partial charge in [0.25, 0.3) is 0 Å². The number of carbonyl (C=O) groups excluding carboxylic acids is 1. The predicted molar refractivity (Wildman–Crippen MR) is 68.6 cm³/mol. The van der Waals surface area contributed by atoms with E-state index in [1.165, 1.54) is 0 Å². The predicted octanol–water partition coefficient (Wildman–Crippen LogP) is 2.97. The summed E-state index contributed by atoms with van der Waals surface area (Å²) in [6, 6.07) is 2.22. The Kier molecular flexibility index (Phi) is 5.32. The molecule has 1 N–H and O–H groups in total. The number of hydrogen-bond acceptors (Lipinski definition) is 2. The summed E-state index contributed by atoms with van der Waals surface area (Å²) in [5.74, 6) is 0.106. The lowest BCUT2D eigenvalue weighted by molar-refractivity contribution is -0.121. The third kappa shape index (κ3) is 5.33. The van der Waals surface area contributed by atoms with E-state index in [0.717, 1.165) is 12.0 Å². The molecular formula is C11H16BrNOS. The van der Waals surface area contributed by atoms with Crippen LogP contribution in [0.5, 0.6) is 0 Å². The van der Waals surface area contributed by atoms with Gasteiger partial charge in [0.15, 0.2) is 0 Å². The molecule has 1 heterocycles. The molecule has 0 bridgehead atoms. The third-order valence-electron chi connectivity index (χ3n) is 2.03. The average Bonchev–Trinajstić information content (AvgIpc) is 2.53. The largest absolute Gasteiger partial charge is 0.353 e. The quantitative estimate of drug-likeness (QED) is 0.830. The van der Waals surface area contributed by atoms with Gasteiger partial charge >= 0.3 is 0 Å². The number of hydrogen-bond donors (Lipinski definition) is 1. The first-order valence-corrected chi connectivity index (χ1v) is 6.88. The summed E-state index contributed by atoms with van der Waals surface area (Å²) in [6.45, 7) is 4.12. The van der Waals surface area contributed by atoms with Crippen molar-refractivity contribution in [3.63, 3.8) is 0 Å². The topological polar surface area (TPSA) is 29.1 Å². The highest BCUT2D eigenvalue weighted by Crippen LogP contribution is 2.08. The molecule has 0 saturated carbocycles. The number of nitrogens with one attached hydrogen (secondary N) is 1. The van der Waals surface area contributed by atoms with Gasteiger partial charge in [-0.15, -0.1) is 0 Å². The van der Waals surface area contributed by atoms with Crippen LogP contribution in [-0.4, -0.2) is 16.8 Å². The van der Waals surface area contributed by atoms with Gasteiger partial charge in [-0.1, -0.05) is 22.9 Å². The molecule has 1 aromatic rings. The highest BCUT2D eigenvalue weighted by molar-refractivity contribution is 9.09. The van der Waals surface area contributed by atoms with E-state index < -0.39 is 0 Å². The van der Waals surface area contributed by atoms with E-state index in [9.17, 15) is 4.79 Å². The maximum Gasteiger partial charge on any atom is 0.224 e. The van der Waals surface area contributed by atoms with Crippen LogP contribution >= 0.6 is 27.3 Å². The van der Waals surface area contributed by atoms with Gasteiger partial charge in [0, 0.05) is 10.9 Å². The summed E-state index contributed by atoms with van der Waals surface area (Å²) < 4.78 is 0. The Balaban J connectivity index is 2.30. The molecule has 2 nitrogen and oxygen atoms in total. The highest BCUT2D eigenvalue weighted by Gasteiger charge is 2.10. The summed E-state index contributed by atoms with van der Waals surface area (Å²) >= 11 is 5.10. The van der Waals surface area contributed by atoms with E-state index in [0.29, 0.717) is 11.2 Å². The van der Waals surface area contributed by atoms with E-state index >= 15 is 0 Å². The number of carbonyl (C=O) groups is 1. The number of alkyl halides is 1. The van der Waals surface area contributed by atoms with Gasteiger partial charge in [0.05, 0.1) is 6.42 Å². The smallest absolute Gasteiger partial charge is 0.224 e. The second kappa shape index (κ2) is 6.28. The van der Waals surface area contributed by atoms with Gasteiger partial charge in [-0.3, -0.25) is 4.79 Å². The third-order valence-corrected chi connectivity index (χ3v) is 3.14. The summed E-state index contributed by atoms with van der Waals surface area (Å²) in [6.07, 6.45) is 1.44. The van der Waals surface area contributed by atoms with Crippen molar-refractivity contribution in [1.29, 1.82) is 0 Å². The van der Waals surface area contributed by atoms with Crippen molar-refractivity contribution < 1.29 is 4.79 Å². The average molecular weight is 290 g/mol. The Labute approximate surface area is 103 Å². The van der Waals surface area contributed by atoms with Crippen LogP contribution in [0.3, 0.4) is 0 Å². The molecule has 0 aliphatic carbocycles. The van der Waals surface area contributed by atoms with Crippen LogP contribution in [0.25, 0.3) is 0 Å². The minimum absolute atomic E-state index is 0.106. The number of amides is 1. The molecule has 1 rings (SSSR count).